The van der Waals surface area contributed by atoms with Gasteiger partial charge in [0.25, 0.3) is 0 Å². The van der Waals surface area contributed by atoms with E-state index in [4.69, 9.17) is 0 Å². The van der Waals surface area contributed by atoms with Gasteiger partial charge < -0.3 is 10.2 Å². The van der Waals surface area contributed by atoms with Gasteiger partial charge in [-0.25, -0.2) is 0 Å². The first-order chi connectivity index (χ1) is 5.52. The van der Waals surface area contributed by atoms with E-state index in [1.165, 1.54) is 0 Å². The molecule has 0 radical (unpaired) electrons. The molecule has 0 aliphatic heterocycles. The first-order valence-electron chi connectivity index (χ1n) is 4.14. The third kappa shape index (κ3) is 5.10. The van der Waals surface area contributed by atoms with Crippen molar-refractivity contribution in [2.75, 3.05) is 0 Å². The van der Waals surface area contributed by atoms with Crippen LogP contribution in [0.25, 0.3) is 0 Å². The third-order valence-electron chi connectivity index (χ3n) is 1.70. The Kier molecular flexibility index (Phi) is 4.86. The maximum absolute atomic E-state index is 9.65. The summed E-state index contributed by atoms with van der Waals surface area (Å²) in [7, 11) is 0. The van der Waals surface area contributed by atoms with E-state index in [0.29, 0.717) is 19.3 Å². The van der Waals surface area contributed by atoms with Crippen LogP contribution in [0.4, 0.5) is 0 Å². The Labute approximate surface area is 74.2 Å². The molecule has 0 aromatic carbocycles. The molecule has 0 aliphatic rings. The molecular weight excluding hydrogens is 152 g/mol. The van der Waals surface area contributed by atoms with Crippen LogP contribution in [0.1, 0.15) is 26.2 Å². The summed E-state index contributed by atoms with van der Waals surface area (Å²) in [6, 6.07) is 0. The van der Waals surface area contributed by atoms with E-state index in [9.17, 15) is 10.2 Å². The predicted molar refractivity (Wildman–Crippen MR) is 50.9 cm³/mol. The molecule has 0 aliphatic carbocycles. The number of rotatable bonds is 6. The van der Waals surface area contributed by atoms with E-state index in [0.717, 1.165) is 0 Å². The van der Waals surface area contributed by atoms with Gasteiger partial charge in [-0.1, -0.05) is 12.2 Å². The fraction of sp³-hybridized carbons (Fsp3) is 0.600. The van der Waals surface area contributed by atoms with Crippen LogP contribution in [0.15, 0.2) is 25.3 Å². The summed E-state index contributed by atoms with van der Waals surface area (Å²) in [5.74, 6) is 0. The summed E-state index contributed by atoms with van der Waals surface area (Å²) in [5.41, 5.74) is -0.843. The molecule has 0 saturated carbocycles. The minimum absolute atomic E-state index is 0.366. The average Bonchev–Trinajstić information content (AvgIpc) is 1.85. The second-order valence-corrected chi connectivity index (χ2v) is 3.37. The predicted octanol–water partition coefficient (Wildman–Crippen LogP) is 1.64. The van der Waals surface area contributed by atoms with Crippen molar-refractivity contribution in [1.29, 1.82) is 0 Å². The molecular formula is C10H18O2. The Balaban J connectivity index is 3.85. The van der Waals surface area contributed by atoms with Gasteiger partial charge in [-0.3, -0.25) is 0 Å². The number of aliphatic hydroxyl groups excluding tert-OH is 1. The fourth-order valence-electron chi connectivity index (χ4n) is 1.18. The van der Waals surface area contributed by atoms with Crippen LogP contribution < -0.4 is 0 Å². The summed E-state index contributed by atoms with van der Waals surface area (Å²) < 4.78 is 0. The molecule has 0 bridgehead atoms. The second-order valence-electron chi connectivity index (χ2n) is 3.37. The lowest BCUT2D eigenvalue weighted by molar-refractivity contribution is 0.00740. The van der Waals surface area contributed by atoms with Gasteiger partial charge in [0, 0.05) is 6.42 Å². The highest BCUT2D eigenvalue weighted by Crippen LogP contribution is 2.18. The molecule has 2 nitrogen and oxygen atoms in total. The Morgan fingerprint density at radius 3 is 2.42 bits per heavy atom. The van der Waals surface area contributed by atoms with Crippen molar-refractivity contribution in [3.05, 3.63) is 25.3 Å². The lowest BCUT2D eigenvalue weighted by atomic mass is 9.93. The van der Waals surface area contributed by atoms with Gasteiger partial charge in [-0.05, 0) is 19.8 Å². The molecule has 2 N–H and O–H groups in total. The van der Waals surface area contributed by atoms with Gasteiger partial charge in [0.2, 0.25) is 0 Å². The second kappa shape index (κ2) is 5.12. The molecule has 0 fully saturated rings. The maximum Gasteiger partial charge on any atom is 0.0678 e. The van der Waals surface area contributed by atoms with E-state index < -0.39 is 11.7 Å². The monoisotopic (exact) mass is 170 g/mol. The molecule has 70 valence electrons. The minimum atomic E-state index is -0.843. The van der Waals surface area contributed by atoms with E-state index >= 15 is 0 Å². The largest absolute Gasteiger partial charge is 0.393 e. The molecule has 0 rings (SSSR count). The number of hydrogen-bond acceptors (Lipinski definition) is 2. The molecule has 0 amide bonds. The summed E-state index contributed by atoms with van der Waals surface area (Å²) in [5, 5.41) is 19.0. The van der Waals surface area contributed by atoms with Crippen molar-refractivity contribution in [3.8, 4) is 0 Å². The molecule has 12 heavy (non-hydrogen) atoms. The van der Waals surface area contributed by atoms with Gasteiger partial charge >= 0.3 is 0 Å². The molecule has 2 atom stereocenters. The zero-order valence-electron chi connectivity index (χ0n) is 7.66. The SMILES string of the molecule is C=CCC(O)CC(C)(O)CC=C. The van der Waals surface area contributed by atoms with Crippen molar-refractivity contribution < 1.29 is 10.2 Å². The van der Waals surface area contributed by atoms with Gasteiger partial charge in [0.15, 0.2) is 0 Å². The summed E-state index contributed by atoms with van der Waals surface area (Å²) in [4.78, 5) is 0. The third-order valence-corrected chi connectivity index (χ3v) is 1.70. The van der Waals surface area contributed by atoms with Crippen LogP contribution in [0.2, 0.25) is 0 Å². The van der Waals surface area contributed by atoms with Crippen LogP contribution in [-0.2, 0) is 0 Å². The van der Waals surface area contributed by atoms with Crippen LogP contribution in [0.3, 0.4) is 0 Å². The van der Waals surface area contributed by atoms with E-state index in [2.05, 4.69) is 13.2 Å². The van der Waals surface area contributed by atoms with Crippen LogP contribution >= 0.6 is 0 Å². The molecule has 0 saturated heterocycles. The molecule has 2 heteroatoms. The van der Waals surface area contributed by atoms with E-state index in [1.54, 1.807) is 19.1 Å². The van der Waals surface area contributed by atoms with Crippen molar-refractivity contribution in [3.63, 3.8) is 0 Å². The Morgan fingerprint density at radius 1 is 1.42 bits per heavy atom. The van der Waals surface area contributed by atoms with Crippen LogP contribution in [0.5, 0.6) is 0 Å². The number of hydrogen-bond donors (Lipinski definition) is 2. The highest BCUT2D eigenvalue weighted by molar-refractivity contribution is 4.86. The molecule has 0 spiro atoms. The fourth-order valence-corrected chi connectivity index (χ4v) is 1.18. The Morgan fingerprint density at radius 2 is 2.00 bits per heavy atom. The summed E-state index contributed by atoms with van der Waals surface area (Å²) >= 11 is 0. The first-order valence-corrected chi connectivity index (χ1v) is 4.14. The topological polar surface area (TPSA) is 40.5 Å². The molecule has 2 unspecified atom stereocenters. The summed E-state index contributed by atoms with van der Waals surface area (Å²) in [6.45, 7) is 8.75. The molecule has 0 heterocycles. The zero-order valence-corrected chi connectivity index (χ0v) is 7.66. The van der Waals surface area contributed by atoms with Crippen molar-refractivity contribution >= 4 is 0 Å². The van der Waals surface area contributed by atoms with Crippen LogP contribution in [-0.4, -0.2) is 21.9 Å². The molecule has 0 aromatic rings. The van der Waals surface area contributed by atoms with E-state index in [1.807, 2.05) is 0 Å². The van der Waals surface area contributed by atoms with Crippen molar-refractivity contribution in [2.45, 2.75) is 37.9 Å². The highest BCUT2D eigenvalue weighted by Gasteiger charge is 2.21. The quantitative estimate of drug-likeness (QED) is 0.595. The summed E-state index contributed by atoms with van der Waals surface area (Å²) in [6.07, 6.45) is 4.19. The zero-order chi connectivity index (χ0) is 9.61. The van der Waals surface area contributed by atoms with Gasteiger partial charge in [0.05, 0.1) is 11.7 Å². The standard InChI is InChI=1S/C10H18O2/c1-4-6-9(11)8-10(3,12)7-5-2/h4-5,9,11-12H,1-2,6-8H2,3H3. The highest BCUT2D eigenvalue weighted by atomic mass is 16.3. The first kappa shape index (κ1) is 11.4. The normalized spacial score (nSPS) is 17.9. The molecule has 0 aromatic heterocycles. The van der Waals surface area contributed by atoms with Crippen molar-refractivity contribution in [1.82, 2.24) is 0 Å². The van der Waals surface area contributed by atoms with Crippen molar-refractivity contribution in [2.24, 2.45) is 0 Å². The maximum atomic E-state index is 9.65. The Hall–Kier alpha value is -0.600. The van der Waals surface area contributed by atoms with Gasteiger partial charge in [0.1, 0.15) is 0 Å². The number of aliphatic hydroxyl groups is 2. The van der Waals surface area contributed by atoms with Crippen LogP contribution in [0, 0.1) is 0 Å². The average molecular weight is 170 g/mol. The van der Waals surface area contributed by atoms with E-state index in [-0.39, 0.29) is 0 Å². The Bertz CT molecular complexity index is 150. The smallest absolute Gasteiger partial charge is 0.0678 e. The minimum Gasteiger partial charge on any atom is -0.393 e. The lowest BCUT2D eigenvalue weighted by Gasteiger charge is -2.24. The van der Waals surface area contributed by atoms with Gasteiger partial charge in [-0.2, -0.15) is 0 Å². The lowest BCUT2D eigenvalue weighted by Crippen LogP contribution is -2.29. The van der Waals surface area contributed by atoms with Gasteiger partial charge in [-0.15, -0.1) is 13.2 Å².